The number of aliphatic carboxylic acids is 1. The summed E-state index contributed by atoms with van der Waals surface area (Å²) in [5.74, 6) is 1.10. The van der Waals surface area contributed by atoms with Gasteiger partial charge in [0.2, 0.25) is 0 Å². The van der Waals surface area contributed by atoms with Gasteiger partial charge in [-0.2, -0.15) is 0 Å². The Morgan fingerprint density at radius 1 is 1.35 bits per heavy atom. The van der Waals surface area contributed by atoms with E-state index in [4.69, 9.17) is 11.5 Å². The Kier molecular flexibility index (Phi) is 6.20. The van der Waals surface area contributed by atoms with Crippen molar-refractivity contribution in [3.05, 3.63) is 28.7 Å². The maximum atomic E-state index is 12.1. The van der Waals surface area contributed by atoms with E-state index in [-0.39, 0.29) is 30.3 Å². The molecule has 0 aromatic heterocycles. The number of terminal acetylenes is 1. The van der Waals surface area contributed by atoms with E-state index in [0.717, 1.165) is 4.47 Å². The van der Waals surface area contributed by atoms with E-state index >= 15 is 0 Å². The SMILES string of the molecule is C#CCN(CCS(=O)(=O)c1ccc(Br)cc1)CC(=O)O. The Labute approximate surface area is 126 Å². The highest BCUT2D eigenvalue weighted by atomic mass is 79.9. The minimum absolute atomic E-state index is 0.0783. The first-order valence-corrected chi connectivity index (χ1v) is 8.15. The number of benzene rings is 1. The van der Waals surface area contributed by atoms with Gasteiger partial charge in [-0.15, -0.1) is 6.42 Å². The molecule has 0 spiro atoms. The smallest absolute Gasteiger partial charge is 0.317 e. The van der Waals surface area contributed by atoms with Crippen molar-refractivity contribution >= 4 is 31.7 Å². The second-order valence-corrected chi connectivity index (χ2v) is 7.11. The van der Waals surface area contributed by atoms with Crippen LogP contribution in [0.5, 0.6) is 0 Å². The van der Waals surface area contributed by atoms with Gasteiger partial charge in [-0.25, -0.2) is 8.42 Å². The molecule has 5 nitrogen and oxygen atoms in total. The summed E-state index contributed by atoms with van der Waals surface area (Å²) in [4.78, 5) is 12.3. The molecule has 0 atom stereocenters. The van der Waals surface area contributed by atoms with Crippen LogP contribution in [-0.4, -0.2) is 49.8 Å². The summed E-state index contributed by atoms with van der Waals surface area (Å²) in [6.45, 7) is -0.100. The number of hydrogen-bond acceptors (Lipinski definition) is 4. The molecule has 7 heteroatoms. The molecule has 0 saturated heterocycles. The van der Waals surface area contributed by atoms with Crippen LogP contribution in [-0.2, 0) is 14.6 Å². The van der Waals surface area contributed by atoms with E-state index in [2.05, 4.69) is 21.9 Å². The van der Waals surface area contributed by atoms with Gasteiger partial charge in [0.1, 0.15) is 0 Å². The number of carboxylic acid groups (broad SMARTS) is 1. The molecule has 108 valence electrons. The Morgan fingerprint density at radius 2 is 1.95 bits per heavy atom. The third-order valence-electron chi connectivity index (χ3n) is 2.52. The lowest BCUT2D eigenvalue weighted by molar-refractivity contribution is -0.138. The van der Waals surface area contributed by atoms with E-state index in [9.17, 15) is 13.2 Å². The molecule has 0 bridgehead atoms. The second kappa shape index (κ2) is 7.43. The van der Waals surface area contributed by atoms with Crippen LogP contribution in [0.2, 0.25) is 0 Å². The highest BCUT2D eigenvalue weighted by Gasteiger charge is 2.17. The van der Waals surface area contributed by atoms with Crippen LogP contribution in [0.15, 0.2) is 33.6 Å². The second-order valence-electron chi connectivity index (χ2n) is 4.08. The summed E-state index contributed by atoms with van der Waals surface area (Å²) in [6.07, 6.45) is 5.13. The zero-order chi connectivity index (χ0) is 15.2. The third-order valence-corrected chi connectivity index (χ3v) is 4.76. The molecule has 0 aliphatic carbocycles. The maximum absolute atomic E-state index is 12.1. The molecule has 1 aromatic rings. The number of nitrogens with zero attached hydrogens (tertiary/aromatic N) is 1. The number of carboxylic acids is 1. The minimum Gasteiger partial charge on any atom is -0.480 e. The molecule has 20 heavy (non-hydrogen) atoms. The maximum Gasteiger partial charge on any atom is 0.317 e. The van der Waals surface area contributed by atoms with Crippen molar-refractivity contribution in [2.24, 2.45) is 0 Å². The van der Waals surface area contributed by atoms with Crippen molar-refractivity contribution in [1.29, 1.82) is 0 Å². The molecule has 1 N–H and O–H groups in total. The number of sulfone groups is 1. The summed E-state index contributed by atoms with van der Waals surface area (Å²) >= 11 is 3.23. The third kappa shape index (κ3) is 5.33. The van der Waals surface area contributed by atoms with Gasteiger partial charge < -0.3 is 5.11 Å². The fourth-order valence-corrected chi connectivity index (χ4v) is 3.09. The average Bonchev–Trinajstić information content (AvgIpc) is 2.36. The summed E-state index contributed by atoms with van der Waals surface area (Å²) in [7, 11) is -3.45. The molecule has 0 fully saturated rings. The van der Waals surface area contributed by atoms with Gasteiger partial charge in [0, 0.05) is 11.0 Å². The minimum atomic E-state index is -3.45. The molecular formula is C13H14BrNO4S. The largest absolute Gasteiger partial charge is 0.480 e. The van der Waals surface area contributed by atoms with E-state index in [1.54, 1.807) is 12.1 Å². The topological polar surface area (TPSA) is 74.7 Å². The van der Waals surface area contributed by atoms with Crippen molar-refractivity contribution in [3.63, 3.8) is 0 Å². The molecule has 1 rings (SSSR count). The predicted molar refractivity (Wildman–Crippen MR) is 79.1 cm³/mol. The van der Waals surface area contributed by atoms with Crippen molar-refractivity contribution in [1.82, 2.24) is 4.90 Å². The van der Waals surface area contributed by atoms with Crippen LogP contribution in [0.3, 0.4) is 0 Å². The Bertz CT molecular complexity index is 604. The molecule has 0 aliphatic rings. The van der Waals surface area contributed by atoms with Crippen molar-refractivity contribution in [2.75, 3.05) is 25.4 Å². The summed E-state index contributed by atoms with van der Waals surface area (Å²) < 4.78 is 25.0. The van der Waals surface area contributed by atoms with E-state index in [0.29, 0.717) is 0 Å². The first-order valence-electron chi connectivity index (χ1n) is 5.71. The molecule has 0 aliphatic heterocycles. The highest BCUT2D eigenvalue weighted by Crippen LogP contribution is 2.16. The zero-order valence-corrected chi connectivity index (χ0v) is 13.0. The summed E-state index contributed by atoms with van der Waals surface area (Å²) in [5, 5.41) is 8.72. The fraction of sp³-hybridized carbons (Fsp3) is 0.308. The van der Waals surface area contributed by atoms with Crippen molar-refractivity contribution in [3.8, 4) is 12.3 Å². The number of rotatable bonds is 7. The lowest BCUT2D eigenvalue weighted by Gasteiger charge is -2.17. The highest BCUT2D eigenvalue weighted by molar-refractivity contribution is 9.10. The van der Waals surface area contributed by atoms with Gasteiger partial charge in [-0.1, -0.05) is 21.9 Å². The standard InChI is InChI=1S/C13H14BrNO4S/c1-2-7-15(10-13(16)17)8-9-20(18,19)12-5-3-11(14)4-6-12/h1,3-6H,7-10H2,(H,16,17). The Balaban J connectivity index is 2.73. The van der Waals surface area contributed by atoms with Crippen LogP contribution < -0.4 is 0 Å². The van der Waals surface area contributed by atoms with E-state index < -0.39 is 15.8 Å². The van der Waals surface area contributed by atoms with Crippen molar-refractivity contribution in [2.45, 2.75) is 4.90 Å². The van der Waals surface area contributed by atoms with Crippen LogP contribution in [0.4, 0.5) is 0 Å². The molecule has 0 radical (unpaired) electrons. The lowest BCUT2D eigenvalue weighted by Crippen LogP contribution is -2.34. The molecule has 1 aromatic carbocycles. The monoisotopic (exact) mass is 359 g/mol. The zero-order valence-electron chi connectivity index (χ0n) is 10.6. The average molecular weight is 360 g/mol. The van der Waals surface area contributed by atoms with Gasteiger partial charge in [-0.05, 0) is 24.3 Å². The number of hydrogen-bond donors (Lipinski definition) is 1. The molecule has 0 unspecified atom stereocenters. The van der Waals surface area contributed by atoms with Gasteiger partial charge in [0.25, 0.3) is 0 Å². The van der Waals surface area contributed by atoms with Gasteiger partial charge in [0.15, 0.2) is 9.84 Å². The van der Waals surface area contributed by atoms with Crippen LogP contribution >= 0.6 is 15.9 Å². The van der Waals surface area contributed by atoms with Crippen LogP contribution in [0.25, 0.3) is 0 Å². The number of carbonyl (C=O) groups is 1. The molecule has 0 heterocycles. The predicted octanol–water partition coefficient (Wildman–Crippen LogP) is 1.24. The van der Waals surface area contributed by atoms with Crippen LogP contribution in [0, 0.1) is 12.3 Å². The Hall–Kier alpha value is -1.36. The summed E-state index contributed by atoms with van der Waals surface area (Å²) in [5.41, 5.74) is 0. The lowest BCUT2D eigenvalue weighted by atomic mass is 10.4. The van der Waals surface area contributed by atoms with Gasteiger partial charge in [0.05, 0.1) is 23.7 Å². The first kappa shape index (κ1) is 16.7. The fourth-order valence-electron chi connectivity index (χ4n) is 1.54. The quantitative estimate of drug-likeness (QED) is 0.741. The molecule has 0 amide bonds. The van der Waals surface area contributed by atoms with E-state index in [1.807, 2.05) is 0 Å². The molecular weight excluding hydrogens is 346 g/mol. The number of halogens is 1. The Morgan fingerprint density at radius 3 is 2.45 bits per heavy atom. The molecule has 0 saturated carbocycles. The summed E-state index contributed by atoms with van der Waals surface area (Å²) in [6, 6.07) is 6.29. The first-order chi connectivity index (χ1) is 9.35. The van der Waals surface area contributed by atoms with Crippen molar-refractivity contribution < 1.29 is 18.3 Å². The van der Waals surface area contributed by atoms with E-state index in [1.165, 1.54) is 17.0 Å². The normalized spacial score (nSPS) is 11.2. The van der Waals surface area contributed by atoms with Crippen LogP contribution in [0.1, 0.15) is 0 Å². The van der Waals surface area contributed by atoms with Gasteiger partial charge >= 0.3 is 5.97 Å². The van der Waals surface area contributed by atoms with Gasteiger partial charge in [-0.3, -0.25) is 9.69 Å².